The SMILES string of the molecule is CCC(C#N)NC(=O)CS(C)(=O)=O. The fourth-order valence-electron chi connectivity index (χ4n) is 0.700. The van der Waals surface area contributed by atoms with Gasteiger partial charge in [-0.25, -0.2) is 8.42 Å². The molecule has 0 fully saturated rings. The van der Waals surface area contributed by atoms with E-state index in [4.69, 9.17) is 5.26 Å². The normalized spacial score (nSPS) is 13.0. The third kappa shape index (κ3) is 6.11. The maximum Gasteiger partial charge on any atom is 0.236 e. The van der Waals surface area contributed by atoms with Crippen LogP contribution in [-0.4, -0.2) is 32.4 Å². The molecule has 0 aromatic rings. The van der Waals surface area contributed by atoms with E-state index in [1.807, 2.05) is 6.07 Å². The Bertz CT molecular complexity index is 315. The molecule has 6 heteroatoms. The van der Waals surface area contributed by atoms with Gasteiger partial charge in [0.05, 0.1) is 6.07 Å². The molecule has 0 aliphatic rings. The molecule has 0 heterocycles. The molecule has 0 bridgehead atoms. The largest absolute Gasteiger partial charge is 0.339 e. The minimum Gasteiger partial charge on any atom is -0.339 e. The predicted molar refractivity (Wildman–Crippen MR) is 47.5 cm³/mol. The van der Waals surface area contributed by atoms with E-state index in [0.29, 0.717) is 6.42 Å². The van der Waals surface area contributed by atoms with E-state index in [-0.39, 0.29) is 0 Å². The highest BCUT2D eigenvalue weighted by atomic mass is 32.2. The number of amides is 1. The fraction of sp³-hybridized carbons (Fsp3) is 0.714. The van der Waals surface area contributed by atoms with Crippen LogP contribution in [0.25, 0.3) is 0 Å². The molecule has 0 aromatic carbocycles. The molecule has 5 nitrogen and oxygen atoms in total. The van der Waals surface area contributed by atoms with Crippen molar-refractivity contribution in [2.75, 3.05) is 12.0 Å². The lowest BCUT2D eigenvalue weighted by Crippen LogP contribution is -2.37. The number of nitriles is 1. The van der Waals surface area contributed by atoms with E-state index in [1.54, 1.807) is 6.92 Å². The summed E-state index contributed by atoms with van der Waals surface area (Å²) in [4.78, 5) is 10.9. The topological polar surface area (TPSA) is 87.0 Å². The molecule has 13 heavy (non-hydrogen) atoms. The van der Waals surface area contributed by atoms with Crippen molar-refractivity contribution < 1.29 is 13.2 Å². The lowest BCUT2D eigenvalue weighted by atomic mass is 10.2. The number of carbonyl (C=O) groups excluding carboxylic acids is 1. The Balaban J connectivity index is 4.11. The molecular weight excluding hydrogens is 192 g/mol. The molecule has 0 saturated carbocycles. The van der Waals surface area contributed by atoms with Crippen molar-refractivity contribution in [1.82, 2.24) is 5.32 Å². The predicted octanol–water partition coefficient (Wildman–Crippen LogP) is -0.551. The highest BCUT2D eigenvalue weighted by molar-refractivity contribution is 7.91. The van der Waals surface area contributed by atoms with Gasteiger partial charge in [0.25, 0.3) is 0 Å². The van der Waals surface area contributed by atoms with Crippen LogP contribution in [0.1, 0.15) is 13.3 Å². The maximum atomic E-state index is 10.9. The number of hydrogen-bond donors (Lipinski definition) is 1. The van der Waals surface area contributed by atoms with E-state index >= 15 is 0 Å². The Morgan fingerprint density at radius 2 is 2.15 bits per heavy atom. The number of carbonyl (C=O) groups is 1. The number of sulfone groups is 1. The number of rotatable bonds is 4. The summed E-state index contributed by atoms with van der Waals surface area (Å²) in [5.41, 5.74) is 0. The molecule has 0 spiro atoms. The zero-order valence-corrected chi connectivity index (χ0v) is 8.39. The second kappa shape index (κ2) is 4.82. The number of nitrogens with one attached hydrogen (secondary N) is 1. The summed E-state index contributed by atoms with van der Waals surface area (Å²) < 4.78 is 21.3. The second-order valence-corrected chi connectivity index (χ2v) is 4.87. The summed E-state index contributed by atoms with van der Waals surface area (Å²) in [6.07, 6.45) is 1.44. The molecule has 0 saturated heterocycles. The first-order valence-electron chi connectivity index (χ1n) is 3.75. The van der Waals surface area contributed by atoms with Gasteiger partial charge in [-0.2, -0.15) is 5.26 Å². The maximum absolute atomic E-state index is 10.9. The summed E-state index contributed by atoms with van der Waals surface area (Å²) in [6, 6.07) is 1.24. The Labute approximate surface area is 77.7 Å². The Hall–Kier alpha value is -1.09. The molecule has 0 rings (SSSR count). The quantitative estimate of drug-likeness (QED) is 0.665. The van der Waals surface area contributed by atoms with Gasteiger partial charge >= 0.3 is 0 Å². The first kappa shape index (κ1) is 11.9. The van der Waals surface area contributed by atoms with Crippen molar-refractivity contribution in [2.45, 2.75) is 19.4 Å². The van der Waals surface area contributed by atoms with E-state index in [2.05, 4.69) is 5.32 Å². The summed E-state index contributed by atoms with van der Waals surface area (Å²) in [5.74, 6) is -1.19. The standard InChI is InChI=1S/C7H12N2O3S/c1-3-6(4-8)9-7(10)5-13(2,11)12/h6H,3,5H2,1-2H3,(H,9,10). The molecule has 74 valence electrons. The van der Waals surface area contributed by atoms with E-state index in [1.165, 1.54) is 0 Å². The summed E-state index contributed by atoms with van der Waals surface area (Å²) >= 11 is 0. The highest BCUT2D eigenvalue weighted by Crippen LogP contribution is 1.89. The van der Waals surface area contributed by atoms with Gasteiger partial charge in [0.1, 0.15) is 11.8 Å². The first-order chi connectivity index (χ1) is 5.89. The Morgan fingerprint density at radius 3 is 2.46 bits per heavy atom. The molecule has 1 N–H and O–H groups in total. The average molecular weight is 204 g/mol. The van der Waals surface area contributed by atoms with Crippen LogP contribution in [0.5, 0.6) is 0 Å². The monoisotopic (exact) mass is 204 g/mol. The number of nitrogens with zero attached hydrogens (tertiary/aromatic N) is 1. The minimum absolute atomic E-state index is 0.464. The van der Waals surface area contributed by atoms with E-state index < -0.39 is 27.5 Å². The first-order valence-corrected chi connectivity index (χ1v) is 5.81. The van der Waals surface area contributed by atoms with Crippen LogP contribution in [-0.2, 0) is 14.6 Å². The minimum atomic E-state index is -3.31. The lowest BCUT2D eigenvalue weighted by Gasteiger charge is -2.07. The van der Waals surface area contributed by atoms with Gasteiger partial charge in [-0.05, 0) is 6.42 Å². The van der Waals surface area contributed by atoms with E-state index in [0.717, 1.165) is 6.26 Å². The molecule has 1 amide bonds. The molecule has 0 radical (unpaired) electrons. The second-order valence-electron chi connectivity index (χ2n) is 2.73. The Kier molecular flexibility index (Phi) is 4.42. The Morgan fingerprint density at radius 1 is 1.62 bits per heavy atom. The van der Waals surface area contributed by atoms with Crippen LogP contribution in [0.3, 0.4) is 0 Å². The molecular formula is C7H12N2O3S. The third-order valence-electron chi connectivity index (χ3n) is 1.29. The van der Waals surface area contributed by atoms with Crippen LogP contribution >= 0.6 is 0 Å². The fourth-order valence-corrected chi connectivity index (χ4v) is 1.26. The zero-order valence-electron chi connectivity index (χ0n) is 7.57. The van der Waals surface area contributed by atoms with Gasteiger partial charge in [0.2, 0.25) is 5.91 Å². The van der Waals surface area contributed by atoms with Crippen molar-refractivity contribution in [3.05, 3.63) is 0 Å². The van der Waals surface area contributed by atoms with Crippen LogP contribution in [0.15, 0.2) is 0 Å². The van der Waals surface area contributed by atoms with Crippen molar-refractivity contribution in [1.29, 1.82) is 5.26 Å². The molecule has 0 aliphatic heterocycles. The van der Waals surface area contributed by atoms with Crippen LogP contribution < -0.4 is 5.32 Å². The molecule has 1 atom stereocenters. The molecule has 0 aromatic heterocycles. The molecule has 1 unspecified atom stereocenters. The van der Waals surface area contributed by atoms with Crippen molar-refractivity contribution in [2.24, 2.45) is 0 Å². The number of hydrogen-bond acceptors (Lipinski definition) is 4. The van der Waals surface area contributed by atoms with Crippen LogP contribution in [0.2, 0.25) is 0 Å². The summed E-state index contributed by atoms with van der Waals surface area (Å²) in [7, 11) is -3.31. The zero-order chi connectivity index (χ0) is 10.5. The van der Waals surface area contributed by atoms with Gasteiger partial charge in [0.15, 0.2) is 9.84 Å². The smallest absolute Gasteiger partial charge is 0.236 e. The van der Waals surface area contributed by atoms with Gasteiger partial charge < -0.3 is 5.32 Å². The lowest BCUT2D eigenvalue weighted by molar-refractivity contribution is -0.119. The van der Waals surface area contributed by atoms with Gasteiger partial charge in [-0.3, -0.25) is 4.79 Å². The van der Waals surface area contributed by atoms with Crippen molar-refractivity contribution in [3.8, 4) is 6.07 Å². The highest BCUT2D eigenvalue weighted by Gasteiger charge is 2.13. The van der Waals surface area contributed by atoms with Crippen LogP contribution in [0.4, 0.5) is 0 Å². The van der Waals surface area contributed by atoms with Gasteiger partial charge in [-0.1, -0.05) is 6.92 Å². The van der Waals surface area contributed by atoms with Crippen molar-refractivity contribution >= 4 is 15.7 Å². The summed E-state index contributed by atoms with van der Waals surface area (Å²) in [5, 5.41) is 10.8. The van der Waals surface area contributed by atoms with E-state index in [9.17, 15) is 13.2 Å². The molecule has 0 aliphatic carbocycles. The van der Waals surface area contributed by atoms with Gasteiger partial charge in [-0.15, -0.1) is 0 Å². The van der Waals surface area contributed by atoms with Crippen LogP contribution in [0, 0.1) is 11.3 Å². The summed E-state index contributed by atoms with van der Waals surface area (Å²) in [6.45, 7) is 1.73. The third-order valence-corrected chi connectivity index (χ3v) is 2.08. The average Bonchev–Trinajstić information content (AvgIpc) is 1.96. The van der Waals surface area contributed by atoms with Gasteiger partial charge in [0, 0.05) is 6.26 Å². The van der Waals surface area contributed by atoms with Crippen molar-refractivity contribution in [3.63, 3.8) is 0 Å².